The molecule has 1 aromatic rings. The molecule has 0 bridgehead atoms. The van der Waals surface area contributed by atoms with Gasteiger partial charge in [0.15, 0.2) is 5.44 Å². The van der Waals surface area contributed by atoms with Crippen LogP contribution < -0.4 is 11.2 Å². The van der Waals surface area contributed by atoms with Crippen LogP contribution in [0.4, 0.5) is 0 Å². The molecule has 1 heterocycles. The minimum absolute atomic E-state index is 0.0490. The largest absolute Gasteiger partial charge is 0.374 e. The predicted molar refractivity (Wildman–Crippen MR) is 55.8 cm³/mol. The quantitative estimate of drug-likeness (QED) is 0.597. The highest BCUT2D eigenvalue weighted by atomic mass is 31.2. The van der Waals surface area contributed by atoms with Gasteiger partial charge in [-0.25, -0.2) is 4.98 Å². The molecule has 0 saturated carbocycles. The summed E-state index contributed by atoms with van der Waals surface area (Å²) in [5, 5.41) is 0. The molecule has 6 heteroatoms. The first-order chi connectivity index (χ1) is 6.98. The molecule has 2 rings (SSSR count). The molecule has 0 amide bonds. The number of hydrogen-bond donors (Lipinski definition) is 3. The normalized spacial score (nSPS) is 21.1. The van der Waals surface area contributed by atoms with Gasteiger partial charge in [0, 0.05) is 11.7 Å². The van der Waals surface area contributed by atoms with E-state index < -0.39 is 7.60 Å². The van der Waals surface area contributed by atoms with Crippen LogP contribution in [0.25, 0.3) is 0 Å². The Bertz CT molecular complexity index is 429. The highest BCUT2D eigenvalue weighted by Crippen LogP contribution is 2.34. The summed E-state index contributed by atoms with van der Waals surface area (Å²) < 4.78 is 11.0. The Kier molecular flexibility index (Phi) is 2.64. The van der Waals surface area contributed by atoms with Crippen molar-refractivity contribution in [3.8, 4) is 0 Å². The highest BCUT2D eigenvalue weighted by Gasteiger charge is 2.23. The predicted octanol–water partition coefficient (Wildman–Crippen LogP) is 0.221. The van der Waals surface area contributed by atoms with Crippen molar-refractivity contribution in [2.24, 2.45) is 5.73 Å². The summed E-state index contributed by atoms with van der Waals surface area (Å²) in [7, 11) is -4.24. The maximum atomic E-state index is 11.0. The van der Waals surface area contributed by atoms with Gasteiger partial charge < -0.3 is 15.5 Å². The Balaban J connectivity index is 2.46. The van der Waals surface area contributed by atoms with E-state index in [-0.39, 0.29) is 11.5 Å². The fraction of sp³-hybridized carbons (Fsp3) is 0.444. The highest BCUT2D eigenvalue weighted by molar-refractivity contribution is 7.60. The molecule has 1 unspecified atom stereocenters. The van der Waals surface area contributed by atoms with Crippen LogP contribution >= 0.6 is 7.60 Å². The number of nitrogens with zero attached hydrogens (tertiary/aromatic N) is 1. The molecule has 0 spiro atoms. The molecule has 0 saturated heterocycles. The van der Waals surface area contributed by atoms with Gasteiger partial charge in [0.1, 0.15) is 0 Å². The van der Waals surface area contributed by atoms with Gasteiger partial charge in [0.2, 0.25) is 0 Å². The zero-order chi connectivity index (χ0) is 11.1. The molecule has 0 aromatic carbocycles. The second-order valence-corrected chi connectivity index (χ2v) is 5.29. The maximum Gasteiger partial charge on any atom is 0.374 e. The number of nitrogens with two attached hydrogens (primary N) is 1. The van der Waals surface area contributed by atoms with Crippen LogP contribution in [0.15, 0.2) is 12.1 Å². The fourth-order valence-corrected chi connectivity index (χ4v) is 2.37. The van der Waals surface area contributed by atoms with Crippen molar-refractivity contribution in [1.82, 2.24) is 4.98 Å². The SMILES string of the molecule is NC1CCCc2nc(P(=O)(O)O)ccc21. The van der Waals surface area contributed by atoms with Gasteiger partial charge in [-0.05, 0) is 30.9 Å². The third-order valence-electron chi connectivity index (χ3n) is 2.62. The molecule has 82 valence electrons. The number of fused-ring (bicyclic) bond motifs is 1. The summed E-state index contributed by atoms with van der Waals surface area (Å²) in [6.45, 7) is 0. The molecule has 0 aliphatic heterocycles. The standard InChI is InChI=1S/C9H13N2O3P/c10-7-2-1-3-8-6(7)4-5-9(11-8)15(12,13)14/h4-5,7H,1-3,10H2,(H2,12,13,14). The molecule has 1 aliphatic carbocycles. The molecular formula is C9H13N2O3P. The second-order valence-electron chi connectivity index (χ2n) is 3.75. The van der Waals surface area contributed by atoms with E-state index in [4.69, 9.17) is 15.5 Å². The van der Waals surface area contributed by atoms with Crippen LogP contribution in [-0.2, 0) is 11.0 Å². The van der Waals surface area contributed by atoms with Crippen LogP contribution in [0.2, 0.25) is 0 Å². The average Bonchev–Trinajstić information content (AvgIpc) is 2.16. The lowest BCUT2D eigenvalue weighted by atomic mass is 9.92. The lowest BCUT2D eigenvalue weighted by Gasteiger charge is -2.21. The molecule has 4 N–H and O–H groups in total. The molecule has 1 atom stereocenters. The number of aromatic nitrogens is 1. The molecule has 0 radical (unpaired) electrons. The van der Waals surface area contributed by atoms with E-state index in [0.717, 1.165) is 30.5 Å². The Hall–Kier alpha value is -0.740. The molecule has 1 aliphatic rings. The Labute approximate surface area is 87.5 Å². The van der Waals surface area contributed by atoms with E-state index >= 15 is 0 Å². The second kappa shape index (κ2) is 3.68. The first-order valence-corrected chi connectivity index (χ1v) is 6.41. The van der Waals surface area contributed by atoms with Gasteiger partial charge in [-0.15, -0.1) is 0 Å². The van der Waals surface area contributed by atoms with Gasteiger partial charge in [0.05, 0.1) is 0 Å². The van der Waals surface area contributed by atoms with Crippen molar-refractivity contribution in [3.63, 3.8) is 0 Å². The number of pyridine rings is 1. The van der Waals surface area contributed by atoms with Gasteiger partial charge in [-0.3, -0.25) is 4.57 Å². The van der Waals surface area contributed by atoms with E-state index in [2.05, 4.69) is 4.98 Å². The zero-order valence-corrected chi connectivity index (χ0v) is 9.02. The van der Waals surface area contributed by atoms with Crippen LogP contribution in [0.3, 0.4) is 0 Å². The fourth-order valence-electron chi connectivity index (χ4n) is 1.85. The first kappa shape index (κ1) is 10.8. The summed E-state index contributed by atoms with van der Waals surface area (Å²) in [5.74, 6) is 0. The van der Waals surface area contributed by atoms with Crippen molar-refractivity contribution < 1.29 is 14.4 Å². The minimum Gasteiger partial charge on any atom is -0.324 e. The van der Waals surface area contributed by atoms with Crippen molar-refractivity contribution in [2.45, 2.75) is 25.3 Å². The summed E-state index contributed by atoms with van der Waals surface area (Å²) in [6.07, 6.45) is 2.58. The molecular weight excluding hydrogens is 215 g/mol. The third kappa shape index (κ3) is 2.11. The molecule has 15 heavy (non-hydrogen) atoms. The first-order valence-electron chi connectivity index (χ1n) is 4.80. The lowest BCUT2D eigenvalue weighted by Crippen LogP contribution is -2.22. The summed E-state index contributed by atoms with van der Waals surface area (Å²) >= 11 is 0. The van der Waals surface area contributed by atoms with Crippen LogP contribution in [0.1, 0.15) is 30.1 Å². The van der Waals surface area contributed by atoms with Crippen molar-refractivity contribution >= 4 is 13.0 Å². The van der Waals surface area contributed by atoms with Crippen molar-refractivity contribution in [1.29, 1.82) is 0 Å². The molecule has 0 fully saturated rings. The van der Waals surface area contributed by atoms with Gasteiger partial charge >= 0.3 is 7.60 Å². The topological polar surface area (TPSA) is 96.4 Å². The van der Waals surface area contributed by atoms with E-state index in [1.807, 2.05) is 0 Å². The van der Waals surface area contributed by atoms with Gasteiger partial charge in [0.25, 0.3) is 0 Å². The van der Waals surface area contributed by atoms with Crippen LogP contribution in [-0.4, -0.2) is 14.8 Å². The molecule has 5 nitrogen and oxygen atoms in total. The maximum absolute atomic E-state index is 11.0. The van der Waals surface area contributed by atoms with Crippen molar-refractivity contribution in [2.75, 3.05) is 0 Å². The third-order valence-corrected chi connectivity index (χ3v) is 3.47. The Morgan fingerprint density at radius 3 is 2.87 bits per heavy atom. The van der Waals surface area contributed by atoms with Crippen molar-refractivity contribution in [3.05, 3.63) is 23.4 Å². The Morgan fingerprint density at radius 2 is 2.20 bits per heavy atom. The van der Waals surface area contributed by atoms with Crippen LogP contribution in [0.5, 0.6) is 0 Å². The summed E-state index contributed by atoms with van der Waals surface area (Å²) in [6, 6.07) is 3.00. The number of aryl methyl sites for hydroxylation is 1. The van der Waals surface area contributed by atoms with Gasteiger partial charge in [-0.2, -0.15) is 0 Å². The number of rotatable bonds is 1. The zero-order valence-electron chi connectivity index (χ0n) is 8.13. The van der Waals surface area contributed by atoms with E-state index in [0.29, 0.717) is 0 Å². The van der Waals surface area contributed by atoms with E-state index in [1.54, 1.807) is 6.07 Å². The monoisotopic (exact) mass is 228 g/mol. The van der Waals surface area contributed by atoms with Crippen LogP contribution in [0, 0.1) is 0 Å². The summed E-state index contributed by atoms with van der Waals surface area (Å²) in [5.41, 5.74) is 7.36. The van der Waals surface area contributed by atoms with Gasteiger partial charge in [-0.1, -0.05) is 6.07 Å². The molecule has 1 aromatic heterocycles. The van der Waals surface area contributed by atoms with E-state index in [1.165, 1.54) is 6.07 Å². The number of hydrogen-bond acceptors (Lipinski definition) is 3. The lowest BCUT2D eigenvalue weighted by molar-refractivity contribution is 0.386. The smallest absolute Gasteiger partial charge is 0.324 e. The minimum atomic E-state index is -4.24. The Morgan fingerprint density at radius 1 is 1.47 bits per heavy atom. The summed E-state index contributed by atoms with van der Waals surface area (Å²) in [4.78, 5) is 21.9. The average molecular weight is 228 g/mol. The van der Waals surface area contributed by atoms with E-state index in [9.17, 15) is 4.57 Å².